The summed E-state index contributed by atoms with van der Waals surface area (Å²) in [6.45, 7) is 15.9. The molecule has 2 saturated heterocycles. The number of carbonyl (C=O) groups is 7. The lowest BCUT2D eigenvalue weighted by Gasteiger charge is -2.43. The van der Waals surface area contributed by atoms with Gasteiger partial charge in [0.25, 0.3) is 5.91 Å². The molecule has 7 amide bonds. The van der Waals surface area contributed by atoms with Gasteiger partial charge in [0.15, 0.2) is 0 Å². The summed E-state index contributed by atoms with van der Waals surface area (Å²) in [5.41, 5.74) is -1.44. The first-order chi connectivity index (χ1) is 26.8. The summed E-state index contributed by atoms with van der Waals surface area (Å²) >= 11 is 0. The first-order valence-corrected chi connectivity index (χ1v) is 21.7. The van der Waals surface area contributed by atoms with Crippen LogP contribution in [0.1, 0.15) is 138 Å². The van der Waals surface area contributed by atoms with Crippen molar-refractivity contribution in [1.29, 1.82) is 0 Å². The lowest BCUT2D eigenvalue weighted by Crippen LogP contribution is -2.63. The van der Waals surface area contributed by atoms with Crippen molar-refractivity contribution in [3.05, 3.63) is 12.7 Å². The van der Waals surface area contributed by atoms with Crippen LogP contribution in [0, 0.1) is 39.4 Å². The Morgan fingerprint density at radius 2 is 1.51 bits per heavy atom. The monoisotopic (exact) mass is 793 g/mol. The van der Waals surface area contributed by atoms with E-state index < -0.39 is 64.0 Å². The van der Waals surface area contributed by atoms with Crippen molar-refractivity contribution >= 4 is 41.4 Å². The average Bonchev–Trinajstić information content (AvgIpc) is 3.68. The fourth-order valence-corrected chi connectivity index (χ4v) is 10.7. The van der Waals surface area contributed by atoms with E-state index in [9.17, 15) is 28.8 Å². The van der Waals surface area contributed by atoms with Gasteiger partial charge in [0, 0.05) is 32.5 Å². The van der Waals surface area contributed by atoms with Gasteiger partial charge in [0.1, 0.15) is 12.1 Å². The van der Waals surface area contributed by atoms with Crippen molar-refractivity contribution in [3.63, 3.8) is 0 Å². The molecule has 0 aromatic rings. The number of nitrogens with zero attached hydrogens (tertiary/aromatic N) is 2. The molecule has 6 aliphatic rings. The number of Topliss-reactive ketones (excluding diaryl/α,β-unsaturated/α-hetero) is 1. The summed E-state index contributed by atoms with van der Waals surface area (Å²) in [6, 6.07) is -3.95. The highest BCUT2D eigenvalue weighted by atomic mass is 16.2. The molecule has 13 nitrogen and oxygen atoms in total. The summed E-state index contributed by atoms with van der Waals surface area (Å²) in [7, 11) is 0. The van der Waals surface area contributed by atoms with Crippen LogP contribution in [-0.4, -0.2) is 95.0 Å². The molecule has 4 aliphatic carbocycles. The second-order valence-corrected chi connectivity index (χ2v) is 20.7. The Hall–Kier alpha value is -3.77. The van der Waals surface area contributed by atoms with Crippen LogP contribution in [0.15, 0.2) is 12.7 Å². The van der Waals surface area contributed by atoms with Crippen LogP contribution < -0.4 is 21.3 Å². The fourth-order valence-electron chi connectivity index (χ4n) is 10.7. The SMILES string of the molecule is C=CCNC(=O)C(=O)C(CC1CCC1)NC(=O)[C@@H]1[C@H]2CCC3(CC3)[C@H]2CN1C(=O)[C@@H](NC(=O)N[C@H](CN1C(=O)CC(C)(C)CC1=O)C(C)(C)C)C1(C)CCCCC1. The predicted molar refractivity (Wildman–Crippen MR) is 215 cm³/mol. The Bertz CT molecular complexity index is 1600. The zero-order valence-corrected chi connectivity index (χ0v) is 35.3. The van der Waals surface area contributed by atoms with Crippen molar-refractivity contribution in [2.24, 2.45) is 39.4 Å². The van der Waals surface area contributed by atoms with Crippen LogP contribution in [0.3, 0.4) is 0 Å². The standard InChI is InChI=1S/C44H68N6O7/c1-8-21-45-38(55)35(53)30(22-27-13-12-14-27)46-37(54)34-28-15-18-44(19-20-44)29(28)25-50(34)39(56)36(43(7)16-10-9-11-17-43)48-40(57)47-31(41(2,3)4)26-49-32(51)23-42(5,6)24-33(49)52/h8,27-31,34,36H,1,9-26H2,2-7H3,(H,45,55)(H,46,54)(H2,47,48,57)/t28-,29-,30?,31+,34-,36+/m0/s1. The van der Waals surface area contributed by atoms with E-state index >= 15 is 4.79 Å². The highest BCUT2D eigenvalue weighted by Crippen LogP contribution is 2.66. The van der Waals surface area contributed by atoms with Gasteiger partial charge in [-0.1, -0.05) is 86.1 Å². The molecule has 316 valence electrons. The van der Waals surface area contributed by atoms with Gasteiger partial charge in [-0.05, 0) is 84.4 Å². The molecule has 0 aromatic carbocycles. The van der Waals surface area contributed by atoms with Crippen molar-refractivity contribution in [1.82, 2.24) is 31.1 Å². The van der Waals surface area contributed by atoms with E-state index in [1.54, 1.807) is 4.90 Å². The third-order valence-corrected chi connectivity index (χ3v) is 14.7. The second-order valence-electron chi connectivity index (χ2n) is 20.7. The molecule has 4 saturated carbocycles. The van der Waals surface area contributed by atoms with Gasteiger partial charge in [-0.2, -0.15) is 0 Å². The Morgan fingerprint density at radius 3 is 2.07 bits per heavy atom. The summed E-state index contributed by atoms with van der Waals surface area (Å²) in [6.07, 6.45) is 13.4. The third-order valence-electron chi connectivity index (χ3n) is 14.7. The van der Waals surface area contributed by atoms with Crippen LogP contribution in [0.25, 0.3) is 0 Å². The largest absolute Gasteiger partial charge is 0.346 e. The number of ketones is 1. The van der Waals surface area contributed by atoms with Crippen molar-refractivity contribution in [2.45, 2.75) is 162 Å². The second kappa shape index (κ2) is 16.5. The van der Waals surface area contributed by atoms with Gasteiger partial charge in [-0.3, -0.25) is 33.7 Å². The molecular formula is C44H68N6O7. The molecule has 2 heterocycles. The maximum Gasteiger partial charge on any atom is 0.315 e. The van der Waals surface area contributed by atoms with Crippen LogP contribution in [0.4, 0.5) is 4.79 Å². The Labute approximate surface area is 339 Å². The molecular weight excluding hydrogens is 725 g/mol. The topological polar surface area (TPSA) is 174 Å². The number of fused-ring (bicyclic) bond motifs is 2. The van der Waals surface area contributed by atoms with Crippen LogP contribution in [-0.2, 0) is 28.8 Å². The van der Waals surface area contributed by atoms with Crippen LogP contribution in [0.5, 0.6) is 0 Å². The van der Waals surface area contributed by atoms with Gasteiger partial charge in [0.05, 0.1) is 12.1 Å². The minimum Gasteiger partial charge on any atom is -0.346 e. The molecule has 0 bridgehead atoms. The van der Waals surface area contributed by atoms with Gasteiger partial charge in [-0.25, -0.2) is 4.79 Å². The van der Waals surface area contributed by atoms with Crippen molar-refractivity contribution in [2.75, 3.05) is 19.6 Å². The lowest BCUT2D eigenvalue weighted by molar-refractivity contribution is -0.153. The number of hydrogen-bond acceptors (Lipinski definition) is 7. The molecule has 4 N–H and O–H groups in total. The molecule has 13 heteroatoms. The summed E-state index contributed by atoms with van der Waals surface area (Å²) in [4.78, 5) is 99.8. The zero-order valence-electron chi connectivity index (χ0n) is 35.3. The van der Waals surface area contributed by atoms with E-state index in [0.29, 0.717) is 13.0 Å². The summed E-state index contributed by atoms with van der Waals surface area (Å²) < 4.78 is 0. The predicted octanol–water partition coefficient (Wildman–Crippen LogP) is 4.78. The molecule has 6 rings (SSSR count). The Kier molecular flexibility index (Phi) is 12.4. The van der Waals surface area contributed by atoms with Crippen molar-refractivity contribution < 1.29 is 33.6 Å². The maximum atomic E-state index is 15.3. The third kappa shape index (κ3) is 9.27. The van der Waals surface area contributed by atoms with E-state index in [1.807, 2.05) is 41.5 Å². The maximum absolute atomic E-state index is 15.3. The highest BCUT2D eigenvalue weighted by molar-refractivity contribution is 6.38. The first kappa shape index (κ1) is 42.8. The number of likely N-dealkylation sites (tertiary alicyclic amines) is 2. The highest BCUT2D eigenvalue weighted by Gasteiger charge is 2.64. The number of carbonyl (C=O) groups excluding carboxylic acids is 7. The summed E-state index contributed by atoms with van der Waals surface area (Å²) in [5, 5.41) is 11.7. The average molecular weight is 793 g/mol. The molecule has 1 spiro atoms. The number of imide groups is 1. The molecule has 6 fully saturated rings. The Morgan fingerprint density at radius 1 is 0.860 bits per heavy atom. The molecule has 6 atom stereocenters. The van der Waals surface area contributed by atoms with Gasteiger partial charge in [0.2, 0.25) is 29.4 Å². The molecule has 0 radical (unpaired) electrons. The quantitative estimate of drug-likeness (QED) is 0.111. The zero-order chi connectivity index (χ0) is 41.5. The number of rotatable bonds is 14. The molecule has 0 aromatic heterocycles. The van der Waals surface area contributed by atoms with E-state index in [0.717, 1.165) is 77.0 Å². The minimum absolute atomic E-state index is 0.0206. The number of hydrogen-bond donors (Lipinski definition) is 4. The van der Waals surface area contributed by atoms with Gasteiger partial charge < -0.3 is 26.2 Å². The van der Waals surface area contributed by atoms with Gasteiger partial charge in [-0.15, -0.1) is 6.58 Å². The van der Waals surface area contributed by atoms with Crippen molar-refractivity contribution in [3.8, 4) is 0 Å². The molecule has 2 aliphatic heterocycles. The van der Waals surface area contributed by atoms with E-state index in [2.05, 4.69) is 27.8 Å². The number of amides is 7. The Balaban J connectivity index is 1.25. The summed E-state index contributed by atoms with van der Waals surface area (Å²) in [5.74, 6) is -2.41. The molecule has 57 heavy (non-hydrogen) atoms. The minimum atomic E-state index is -1.01. The van der Waals surface area contributed by atoms with E-state index in [-0.39, 0.29) is 66.8 Å². The first-order valence-electron chi connectivity index (χ1n) is 21.7. The van der Waals surface area contributed by atoms with E-state index in [1.165, 1.54) is 11.0 Å². The normalized spacial score (nSPS) is 27.7. The number of nitrogens with one attached hydrogen (secondary N) is 4. The van der Waals surface area contributed by atoms with Crippen LogP contribution in [0.2, 0.25) is 0 Å². The number of piperidine rings is 1. The fraction of sp³-hybridized carbons (Fsp3) is 0.795. The number of urea groups is 1. The van der Waals surface area contributed by atoms with Crippen LogP contribution >= 0.6 is 0 Å². The lowest BCUT2D eigenvalue weighted by atomic mass is 9.70. The van der Waals surface area contributed by atoms with Gasteiger partial charge >= 0.3 is 6.03 Å². The van der Waals surface area contributed by atoms with E-state index in [4.69, 9.17) is 0 Å². The molecule has 1 unspecified atom stereocenters. The smallest absolute Gasteiger partial charge is 0.315 e.